The van der Waals surface area contributed by atoms with Crippen molar-refractivity contribution in [2.75, 3.05) is 0 Å². The first-order valence-electron chi connectivity index (χ1n) is 3.67. The molecule has 0 unspecified atom stereocenters. The minimum absolute atomic E-state index is 0.0854. The molecule has 0 saturated heterocycles. The smallest absolute Gasteiger partial charge is 0.387 e. The van der Waals surface area contributed by atoms with Crippen LogP contribution >= 0.6 is 0 Å². The summed E-state index contributed by atoms with van der Waals surface area (Å²) in [4.78, 5) is 0. The molecular weight excluding hydrogens is 162 g/mol. The Kier molecular flexibility index (Phi) is 3.02. The molecule has 1 radical (unpaired) electrons. The molecule has 65 valence electrons. The molecule has 1 aromatic carbocycles. The van der Waals surface area contributed by atoms with Crippen LogP contribution in [0, 0.1) is 6.07 Å². The predicted molar refractivity (Wildman–Crippen MR) is 41.3 cm³/mol. The van der Waals surface area contributed by atoms with Gasteiger partial charge in [-0.05, 0) is 24.1 Å². The second-order valence-electron chi connectivity index (χ2n) is 2.29. The minimum Gasteiger partial charge on any atom is -0.434 e. The topological polar surface area (TPSA) is 9.23 Å². The number of hydrogen-bond donors (Lipinski definition) is 0. The van der Waals surface area contributed by atoms with E-state index in [0.29, 0.717) is 0 Å². The van der Waals surface area contributed by atoms with Crippen molar-refractivity contribution in [3.8, 4) is 5.75 Å². The van der Waals surface area contributed by atoms with Gasteiger partial charge in [0.15, 0.2) is 0 Å². The van der Waals surface area contributed by atoms with Gasteiger partial charge in [0.1, 0.15) is 5.75 Å². The maximum Gasteiger partial charge on any atom is 0.387 e. The molecule has 1 rings (SSSR count). The number of ether oxygens (including phenoxy) is 1. The summed E-state index contributed by atoms with van der Waals surface area (Å²) in [5.74, 6) is 0.0854. The standard InChI is InChI=1S/C9H9F2O/c1-2-7-3-5-8(6-4-7)12-9(10)11/h3-5,9H,2H2,1H3. The van der Waals surface area contributed by atoms with E-state index in [2.05, 4.69) is 10.8 Å². The van der Waals surface area contributed by atoms with E-state index in [1.165, 1.54) is 6.07 Å². The molecule has 0 bridgehead atoms. The van der Waals surface area contributed by atoms with Gasteiger partial charge < -0.3 is 4.74 Å². The Hall–Kier alpha value is -1.12. The van der Waals surface area contributed by atoms with Crippen LogP contribution in [-0.4, -0.2) is 6.61 Å². The van der Waals surface area contributed by atoms with Gasteiger partial charge in [0.05, 0.1) is 0 Å². The van der Waals surface area contributed by atoms with E-state index in [1.54, 1.807) is 12.1 Å². The molecule has 0 amide bonds. The maximum absolute atomic E-state index is 11.7. The fourth-order valence-corrected chi connectivity index (χ4v) is 0.832. The van der Waals surface area contributed by atoms with E-state index in [1.807, 2.05) is 6.92 Å². The summed E-state index contributed by atoms with van der Waals surface area (Å²) in [5.41, 5.74) is 1.05. The van der Waals surface area contributed by atoms with Crippen LogP contribution < -0.4 is 4.74 Å². The van der Waals surface area contributed by atoms with E-state index in [-0.39, 0.29) is 5.75 Å². The van der Waals surface area contributed by atoms with Gasteiger partial charge in [-0.25, -0.2) is 0 Å². The molecule has 0 spiro atoms. The SMILES string of the molecule is CCc1c[c]c(OC(F)F)cc1. The Morgan fingerprint density at radius 2 is 2.25 bits per heavy atom. The monoisotopic (exact) mass is 171 g/mol. The molecule has 1 aromatic rings. The third-order valence-electron chi connectivity index (χ3n) is 1.47. The lowest BCUT2D eigenvalue weighted by molar-refractivity contribution is -0.0500. The van der Waals surface area contributed by atoms with Crippen LogP contribution in [0.15, 0.2) is 18.2 Å². The maximum atomic E-state index is 11.7. The van der Waals surface area contributed by atoms with Gasteiger partial charge in [0, 0.05) is 6.07 Å². The van der Waals surface area contributed by atoms with E-state index in [4.69, 9.17) is 0 Å². The molecule has 0 N–H and O–H groups in total. The largest absolute Gasteiger partial charge is 0.434 e. The average Bonchev–Trinajstić information content (AvgIpc) is 2.05. The zero-order valence-electron chi connectivity index (χ0n) is 6.68. The second kappa shape index (κ2) is 4.04. The van der Waals surface area contributed by atoms with Gasteiger partial charge in [-0.1, -0.05) is 13.0 Å². The van der Waals surface area contributed by atoms with Crippen molar-refractivity contribution in [1.29, 1.82) is 0 Å². The van der Waals surface area contributed by atoms with Crippen molar-refractivity contribution in [3.05, 3.63) is 29.8 Å². The fourth-order valence-electron chi connectivity index (χ4n) is 0.832. The lowest BCUT2D eigenvalue weighted by Crippen LogP contribution is -2.01. The molecule has 3 heteroatoms. The van der Waals surface area contributed by atoms with Gasteiger partial charge in [-0.3, -0.25) is 0 Å². The lowest BCUT2D eigenvalue weighted by Gasteiger charge is -2.03. The molecule has 0 aliphatic rings. The third-order valence-corrected chi connectivity index (χ3v) is 1.47. The number of hydrogen-bond acceptors (Lipinski definition) is 1. The van der Waals surface area contributed by atoms with Crippen LogP contribution in [0.4, 0.5) is 8.78 Å². The van der Waals surface area contributed by atoms with Crippen molar-refractivity contribution in [1.82, 2.24) is 0 Å². The Balaban J connectivity index is 2.65. The molecule has 1 nitrogen and oxygen atoms in total. The summed E-state index contributed by atoms with van der Waals surface area (Å²) in [7, 11) is 0. The summed E-state index contributed by atoms with van der Waals surface area (Å²) in [6.45, 7) is -0.787. The van der Waals surface area contributed by atoms with Gasteiger partial charge in [0.25, 0.3) is 0 Å². The van der Waals surface area contributed by atoms with Crippen LogP contribution in [0.3, 0.4) is 0 Å². The van der Waals surface area contributed by atoms with Gasteiger partial charge in [-0.15, -0.1) is 0 Å². The number of benzene rings is 1. The van der Waals surface area contributed by atoms with Gasteiger partial charge >= 0.3 is 6.61 Å². The number of rotatable bonds is 3. The molecule has 0 aliphatic carbocycles. The zero-order valence-corrected chi connectivity index (χ0v) is 6.68. The first kappa shape index (κ1) is 8.97. The van der Waals surface area contributed by atoms with E-state index in [0.717, 1.165) is 12.0 Å². The summed E-state index contributed by atoms with van der Waals surface area (Å²) < 4.78 is 27.4. The van der Waals surface area contributed by atoms with Crippen molar-refractivity contribution < 1.29 is 13.5 Å². The van der Waals surface area contributed by atoms with Crippen LogP contribution in [0.25, 0.3) is 0 Å². The van der Waals surface area contributed by atoms with Crippen molar-refractivity contribution in [2.45, 2.75) is 20.0 Å². The summed E-state index contributed by atoms with van der Waals surface area (Å²) in [6, 6.07) is 7.50. The highest BCUT2D eigenvalue weighted by atomic mass is 19.3. The molecule has 12 heavy (non-hydrogen) atoms. The lowest BCUT2D eigenvalue weighted by atomic mass is 10.2. The van der Waals surface area contributed by atoms with Crippen LogP contribution in [0.1, 0.15) is 12.5 Å². The Bertz CT molecular complexity index is 231. The number of alkyl halides is 2. The first-order valence-corrected chi connectivity index (χ1v) is 3.67. The summed E-state index contributed by atoms with van der Waals surface area (Å²) in [5, 5.41) is 0. The van der Waals surface area contributed by atoms with E-state index >= 15 is 0 Å². The Morgan fingerprint density at radius 3 is 2.67 bits per heavy atom. The molecule has 0 fully saturated rings. The quantitative estimate of drug-likeness (QED) is 0.679. The number of aryl methyl sites for hydroxylation is 1. The highest BCUT2D eigenvalue weighted by Crippen LogP contribution is 2.13. The summed E-state index contributed by atoms with van der Waals surface area (Å²) >= 11 is 0. The first-order chi connectivity index (χ1) is 5.72. The van der Waals surface area contributed by atoms with Crippen LogP contribution in [-0.2, 0) is 6.42 Å². The Morgan fingerprint density at radius 1 is 1.50 bits per heavy atom. The predicted octanol–water partition coefficient (Wildman–Crippen LogP) is 2.65. The fraction of sp³-hybridized carbons (Fsp3) is 0.333. The molecular formula is C9H9F2O. The molecule has 0 heterocycles. The van der Waals surface area contributed by atoms with Crippen molar-refractivity contribution in [3.63, 3.8) is 0 Å². The van der Waals surface area contributed by atoms with Crippen LogP contribution in [0.5, 0.6) is 5.75 Å². The van der Waals surface area contributed by atoms with Crippen molar-refractivity contribution >= 4 is 0 Å². The minimum atomic E-state index is -2.77. The van der Waals surface area contributed by atoms with Gasteiger partial charge in [-0.2, -0.15) is 8.78 Å². The van der Waals surface area contributed by atoms with E-state index < -0.39 is 6.61 Å². The molecule has 0 aromatic heterocycles. The molecule has 0 atom stereocenters. The van der Waals surface area contributed by atoms with Crippen LogP contribution in [0.2, 0.25) is 0 Å². The normalized spacial score (nSPS) is 10.3. The highest BCUT2D eigenvalue weighted by Gasteiger charge is 2.02. The van der Waals surface area contributed by atoms with Gasteiger partial charge in [0.2, 0.25) is 0 Å². The van der Waals surface area contributed by atoms with Crippen molar-refractivity contribution in [2.24, 2.45) is 0 Å². The zero-order chi connectivity index (χ0) is 8.97. The highest BCUT2D eigenvalue weighted by molar-refractivity contribution is 5.25. The molecule has 0 saturated carbocycles. The second-order valence-corrected chi connectivity index (χ2v) is 2.29. The third kappa shape index (κ3) is 2.49. The Labute approximate surface area is 70.0 Å². The molecule has 0 aliphatic heterocycles. The van der Waals surface area contributed by atoms with E-state index in [9.17, 15) is 8.78 Å². The number of halogens is 2. The average molecular weight is 171 g/mol. The summed E-state index contributed by atoms with van der Waals surface area (Å²) in [6.07, 6.45) is 0.867.